The molecule has 0 aliphatic heterocycles. The van der Waals surface area contributed by atoms with E-state index in [4.69, 9.17) is 5.26 Å². The van der Waals surface area contributed by atoms with Crippen LogP contribution in [-0.4, -0.2) is 0 Å². The van der Waals surface area contributed by atoms with Crippen LogP contribution in [0, 0.1) is 11.3 Å². The van der Waals surface area contributed by atoms with Crippen molar-refractivity contribution in [3.05, 3.63) is 23.3 Å². The predicted octanol–water partition coefficient (Wildman–Crippen LogP) is 2.42. The number of nitrogens with zero attached hydrogens (tertiary/aromatic N) is 1. The average molecular weight is 121 g/mol. The second kappa shape index (κ2) is 3.91. The Kier molecular flexibility index (Phi) is 3.46. The molecule has 0 radical (unpaired) electrons. The van der Waals surface area contributed by atoms with E-state index in [2.05, 4.69) is 6.07 Å². The summed E-state index contributed by atoms with van der Waals surface area (Å²) in [5.74, 6) is 0. The molecule has 9 heavy (non-hydrogen) atoms. The van der Waals surface area contributed by atoms with Gasteiger partial charge in [-0.1, -0.05) is 12.2 Å². The number of hydrogen-bond acceptors (Lipinski definition) is 1. The van der Waals surface area contributed by atoms with Crippen LogP contribution in [0.4, 0.5) is 0 Å². The average Bonchev–Trinajstić information content (AvgIpc) is 1.90. The van der Waals surface area contributed by atoms with Crippen molar-refractivity contribution in [2.75, 3.05) is 0 Å². The van der Waals surface area contributed by atoms with E-state index in [-0.39, 0.29) is 0 Å². The molecule has 0 fully saturated rings. The normalized spacial score (nSPS) is 13.1. The van der Waals surface area contributed by atoms with Crippen LogP contribution in [0.1, 0.15) is 20.8 Å². The lowest BCUT2D eigenvalue weighted by atomic mass is 10.1. The molecule has 0 aliphatic carbocycles. The lowest BCUT2D eigenvalue weighted by molar-refractivity contribution is 1.36. The van der Waals surface area contributed by atoms with Crippen LogP contribution in [0.25, 0.3) is 0 Å². The highest BCUT2D eigenvalue weighted by molar-refractivity contribution is 5.39. The first-order chi connectivity index (χ1) is 4.26. The molecule has 0 rings (SSSR count). The molecule has 0 aromatic rings. The Labute approximate surface area is 56.3 Å². The van der Waals surface area contributed by atoms with Gasteiger partial charge in [0.2, 0.25) is 0 Å². The summed E-state index contributed by atoms with van der Waals surface area (Å²) in [6.07, 6.45) is 3.74. The lowest BCUT2D eigenvalue weighted by Crippen LogP contribution is -1.77. The minimum absolute atomic E-state index is 0.762. The van der Waals surface area contributed by atoms with Gasteiger partial charge in [0.1, 0.15) is 0 Å². The van der Waals surface area contributed by atoms with E-state index in [1.807, 2.05) is 32.9 Å². The zero-order valence-corrected chi connectivity index (χ0v) is 6.10. The molecule has 0 spiro atoms. The van der Waals surface area contributed by atoms with E-state index in [9.17, 15) is 0 Å². The molecule has 0 unspecified atom stereocenters. The zero-order valence-electron chi connectivity index (χ0n) is 6.10. The lowest BCUT2D eigenvalue weighted by Gasteiger charge is -1.92. The SMILES string of the molecule is C/C=C(C)\C(C#N)=C/C. The van der Waals surface area contributed by atoms with Crippen molar-refractivity contribution >= 4 is 0 Å². The van der Waals surface area contributed by atoms with Crippen LogP contribution in [-0.2, 0) is 0 Å². The van der Waals surface area contributed by atoms with Crippen molar-refractivity contribution < 1.29 is 0 Å². The Balaban J connectivity index is 4.39. The molecule has 0 amide bonds. The topological polar surface area (TPSA) is 23.8 Å². The van der Waals surface area contributed by atoms with Crippen molar-refractivity contribution in [1.82, 2.24) is 0 Å². The quantitative estimate of drug-likeness (QED) is 0.386. The minimum Gasteiger partial charge on any atom is -0.192 e. The first kappa shape index (κ1) is 7.97. The van der Waals surface area contributed by atoms with Crippen LogP contribution >= 0.6 is 0 Å². The van der Waals surface area contributed by atoms with Gasteiger partial charge in [-0.2, -0.15) is 5.26 Å². The maximum Gasteiger partial charge on any atom is 0.0990 e. The van der Waals surface area contributed by atoms with Gasteiger partial charge in [0.25, 0.3) is 0 Å². The van der Waals surface area contributed by atoms with Crippen LogP contribution in [0.3, 0.4) is 0 Å². The van der Waals surface area contributed by atoms with E-state index in [0.717, 1.165) is 11.1 Å². The Morgan fingerprint density at radius 3 is 2.00 bits per heavy atom. The molecule has 0 heterocycles. The fourth-order valence-electron chi connectivity index (χ4n) is 0.536. The number of hydrogen-bond donors (Lipinski definition) is 0. The molecule has 0 atom stereocenters. The molecule has 0 N–H and O–H groups in total. The molecule has 0 aromatic carbocycles. The maximum atomic E-state index is 8.47. The van der Waals surface area contributed by atoms with Gasteiger partial charge in [-0.15, -0.1) is 0 Å². The molecule has 0 aromatic heterocycles. The molecule has 0 aliphatic rings. The first-order valence-electron chi connectivity index (χ1n) is 2.96. The second-order valence-electron chi connectivity index (χ2n) is 1.79. The highest BCUT2D eigenvalue weighted by atomic mass is 14.2. The summed E-state index contributed by atoms with van der Waals surface area (Å²) in [6.45, 7) is 5.72. The summed E-state index contributed by atoms with van der Waals surface area (Å²) in [5, 5.41) is 8.47. The van der Waals surface area contributed by atoms with Gasteiger partial charge < -0.3 is 0 Å². The summed E-state index contributed by atoms with van der Waals surface area (Å²) in [5.41, 5.74) is 1.80. The van der Waals surface area contributed by atoms with Crippen LogP contribution in [0.15, 0.2) is 23.3 Å². The Morgan fingerprint density at radius 1 is 1.33 bits per heavy atom. The molecule has 48 valence electrons. The smallest absolute Gasteiger partial charge is 0.0990 e. The molecule has 0 bridgehead atoms. The standard InChI is InChI=1S/C8H11N/c1-4-7(3)8(5-2)6-9/h4-5H,1-3H3/b7-4-,8-5-. The number of rotatable bonds is 1. The van der Waals surface area contributed by atoms with Crippen LogP contribution in [0.2, 0.25) is 0 Å². The summed E-state index contributed by atoms with van der Waals surface area (Å²) in [6, 6.07) is 2.10. The van der Waals surface area contributed by atoms with E-state index in [1.165, 1.54) is 0 Å². The van der Waals surface area contributed by atoms with Gasteiger partial charge in [0, 0.05) is 0 Å². The molecule has 0 saturated carbocycles. The number of allylic oxidation sites excluding steroid dienone is 4. The van der Waals surface area contributed by atoms with Crippen molar-refractivity contribution in [2.24, 2.45) is 0 Å². The second-order valence-corrected chi connectivity index (χ2v) is 1.79. The highest BCUT2D eigenvalue weighted by Crippen LogP contribution is 2.05. The van der Waals surface area contributed by atoms with Crippen molar-refractivity contribution in [1.29, 1.82) is 5.26 Å². The van der Waals surface area contributed by atoms with Crippen molar-refractivity contribution in [3.8, 4) is 6.07 Å². The summed E-state index contributed by atoms with van der Waals surface area (Å²) >= 11 is 0. The van der Waals surface area contributed by atoms with E-state index in [1.54, 1.807) is 0 Å². The summed E-state index contributed by atoms with van der Waals surface area (Å²) in [4.78, 5) is 0. The van der Waals surface area contributed by atoms with Gasteiger partial charge >= 0.3 is 0 Å². The fourth-order valence-corrected chi connectivity index (χ4v) is 0.536. The highest BCUT2D eigenvalue weighted by Gasteiger charge is 1.91. The van der Waals surface area contributed by atoms with Gasteiger partial charge in [-0.3, -0.25) is 0 Å². The van der Waals surface area contributed by atoms with Gasteiger partial charge in [0.15, 0.2) is 0 Å². The predicted molar refractivity (Wildman–Crippen MR) is 38.8 cm³/mol. The van der Waals surface area contributed by atoms with Crippen LogP contribution < -0.4 is 0 Å². The monoisotopic (exact) mass is 121 g/mol. The number of nitriles is 1. The molecular formula is C8H11N. The Morgan fingerprint density at radius 2 is 1.89 bits per heavy atom. The van der Waals surface area contributed by atoms with Crippen molar-refractivity contribution in [3.63, 3.8) is 0 Å². The van der Waals surface area contributed by atoms with Gasteiger partial charge in [-0.05, 0) is 26.3 Å². The Hall–Kier alpha value is -1.03. The summed E-state index contributed by atoms with van der Waals surface area (Å²) < 4.78 is 0. The molecule has 1 heteroatoms. The van der Waals surface area contributed by atoms with Crippen molar-refractivity contribution in [2.45, 2.75) is 20.8 Å². The fraction of sp³-hybridized carbons (Fsp3) is 0.375. The Bertz CT molecular complexity index is 179. The minimum atomic E-state index is 0.762. The maximum absolute atomic E-state index is 8.47. The van der Waals surface area contributed by atoms with Gasteiger partial charge in [-0.25, -0.2) is 0 Å². The van der Waals surface area contributed by atoms with E-state index < -0.39 is 0 Å². The molecule has 0 saturated heterocycles. The largest absolute Gasteiger partial charge is 0.192 e. The van der Waals surface area contributed by atoms with Gasteiger partial charge in [0.05, 0.1) is 11.6 Å². The molecular weight excluding hydrogens is 110 g/mol. The third-order valence-electron chi connectivity index (χ3n) is 1.27. The van der Waals surface area contributed by atoms with E-state index >= 15 is 0 Å². The third kappa shape index (κ3) is 2.14. The zero-order chi connectivity index (χ0) is 7.28. The molecule has 1 nitrogen and oxygen atoms in total. The van der Waals surface area contributed by atoms with E-state index in [0.29, 0.717) is 0 Å². The first-order valence-corrected chi connectivity index (χ1v) is 2.96. The third-order valence-corrected chi connectivity index (χ3v) is 1.27. The van der Waals surface area contributed by atoms with Crippen LogP contribution in [0.5, 0.6) is 0 Å². The summed E-state index contributed by atoms with van der Waals surface area (Å²) in [7, 11) is 0.